The predicted octanol–water partition coefficient (Wildman–Crippen LogP) is 3.64. The van der Waals surface area contributed by atoms with Crippen LogP contribution < -0.4 is 4.90 Å². The van der Waals surface area contributed by atoms with Crippen molar-refractivity contribution in [3.8, 4) is 0 Å². The van der Waals surface area contributed by atoms with Crippen molar-refractivity contribution in [3.63, 3.8) is 0 Å². The van der Waals surface area contributed by atoms with Crippen LogP contribution in [-0.2, 0) is 4.74 Å². The average Bonchev–Trinajstić information content (AvgIpc) is 2.95. The molecule has 0 aliphatic carbocycles. The Balaban J connectivity index is 1.82. The number of carbonyl (C=O) groups is 1. The Morgan fingerprint density at radius 1 is 1.33 bits per heavy atom. The lowest BCUT2D eigenvalue weighted by Crippen LogP contribution is -2.36. The molecule has 2 aromatic rings. The van der Waals surface area contributed by atoms with Gasteiger partial charge in [-0.3, -0.25) is 4.99 Å². The lowest BCUT2D eigenvalue weighted by Gasteiger charge is -2.26. The van der Waals surface area contributed by atoms with Crippen molar-refractivity contribution in [1.82, 2.24) is 0 Å². The number of carboxylic acids is 1. The summed E-state index contributed by atoms with van der Waals surface area (Å²) in [6, 6.07) is 6.71. The molecule has 7 heteroatoms. The summed E-state index contributed by atoms with van der Waals surface area (Å²) in [5.74, 6) is 0.390. The van der Waals surface area contributed by atoms with Gasteiger partial charge in [-0.15, -0.1) is 0 Å². The van der Waals surface area contributed by atoms with Crippen LogP contribution in [0.1, 0.15) is 21.7 Å². The fraction of sp³-hybridized carbons (Fsp3) is 0.294. The molecule has 1 aliphatic rings. The van der Waals surface area contributed by atoms with Gasteiger partial charge in [-0.25, -0.2) is 4.79 Å². The molecule has 0 bridgehead atoms. The molecule has 6 nitrogen and oxygen atoms in total. The molecule has 1 aromatic carbocycles. The number of furan rings is 1. The van der Waals surface area contributed by atoms with Crippen molar-refractivity contribution < 1.29 is 19.1 Å². The zero-order valence-electron chi connectivity index (χ0n) is 13.2. The van der Waals surface area contributed by atoms with E-state index in [0.29, 0.717) is 24.7 Å². The summed E-state index contributed by atoms with van der Waals surface area (Å²) in [6.45, 7) is 4.80. The maximum atomic E-state index is 11.1. The number of halogens is 1. The largest absolute Gasteiger partial charge is 0.478 e. The highest BCUT2D eigenvalue weighted by Crippen LogP contribution is 2.30. The summed E-state index contributed by atoms with van der Waals surface area (Å²) in [4.78, 5) is 17.6. The Morgan fingerprint density at radius 3 is 2.79 bits per heavy atom. The van der Waals surface area contributed by atoms with Gasteiger partial charge in [0.1, 0.15) is 5.76 Å². The molecule has 1 aliphatic heterocycles. The quantitative estimate of drug-likeness (QED) is 0.803. The Morgan fingerprint density at radius 2 is 2.08 bits per heavy atom. The van der Waals surface area contributed by atoms with Gasteiger partial charge < -0.3 is 19.2 Å². The van der Waals surface area contributed by atoms with Gasteiger partial charge in [0.25, 0.3) is 0 Å². The van der Waals surface area contributed by atoms with E-state index in [1.165, 1.54) is 0 Å². The van der Waals surface area contributed by atoms with Gasteiger partial charge in [-0.05, 0) is 40.5 Å². The highest BCUT2D eigenvalue weighted by Gasteiger charge is 2.18. The number of nitrogens with zero attached hydrogens (tertiary/aromatic N) is 2. The second-order valence-corrected chi connectivity index (χ2v) is 6.32. The minimum atomic E-state index is -0.971. The van der Waals surface area contributed by atoms with E-state index < -0.39 is 5.97 Å². The average molecular weight is 393 g/mol. The summed E-state index contributed by atoms with van der Waals surface area (Å²) < 4.78 is 12.1. The molecular formula is C17H17BrN2O4. The number of ether oxygens (including phenoxy) is 1. The highest BCUT2D eigenvalue weighted by molar-refractivity contribution is 9.10. The number of rotatable bonds is 4. The number of aliphatic imine (C=N–C) groups is 1. The Kier molecular flexibility index (Phi) is 5.01. The third kappa shape index (κ3) is 3.68. The number of benzene rings is 1. The number of anilines is 1. The molecule has 126 valence electrons. The number of hydrogen-bond acceptors (Lipinski definition) is 5. The molecule has 24 heavy (non-hydrogen) atoms. The van der Waals surface area contributed by atoms with E-state index in [9.17, 15) is 4.79 Å². The summed E-state index contributed by atoms with van der Waals surface area (Å²) in [7, 11) is 0. The maximum absolute atomic E-state index is 11.1. The minimum Gasteiger partial charge on any atom is -0.478 e. The SMILES string of the molecule is Cc1ccc(C(=O)O)cc1N=Cc1cc(Br)c(N2CCOCC2)o1. The van der Waals surface area contributed by atoms with E-state index in [0.717, 1.165) is 29.0 Å². The summed E-state index contributed by atoms with van der Waals surface area (Å²) in [6.07, 6.45) is 1.60. The topological polar surface area (TPSA) is 75.3 Å². The van der Waals surface area contributed by atoms with Crippen LogP contribution in [0, 0.1) is 6.92 Å². The lowest BCUT2D eigenvalue weighted by atomic mass is 10.1. The number of aryl methyl sites for hydroxylation is 1. The van der Waals surface area contributed by atoms with Gasteiger partial charge in [0.2, 0.25) is 5.88 Å². The van der Waals surface area contributed by atoms with E-state index in [1.807, 2.05) is 13.0 Å². The van der Waals surface area contributed by atoms with Crippen LogP contribution in [0.15, 0.2) is 38.1 Å². The number of carboxylic acid groups (broad SMARTS) is 1. The molecule has 1 fully saturated rings. The fourth-order valence-electron chi connectivity index (χ4n) is 2.44. The Hall–Kier alpha value is -2.12. The first kappa shape index (κ1) is 16.7. The second kappa shape index (κ2) is 7.19. The van der Waals surface area contributed by atoms with Crippen molar-refractivity contribution in [3.05, 3.63) is 45.6 Å². The smallest absolute Gasteiger partial charge is 0.335 e. The van der Waals surface area contributed by atoms with Crippen LogP contribution in [0.5, 0.6) is 0 Å². The molecule has 0 saturated carbocycles. The first-order chi connectivity index (χ1) is 11.5. The predicted molar refractivity (Wildman–Crippen MR) is 94.8 cm³/mol. The highest BCUT2D eigenvalue weighted by atomic mass is 79.9. The molecule has 1 aromatic heterocycles. The molecule has 0 unspecified atom stereocenters. The van der Waals surface area contributed by atoms with Gasteiger partial charge in [0, 0.05) is 19.2 Å². The van der Waals surface area contributed by atoms with Crippen molar-refractivity contribution in [2.75, 3.05) is 31.2 Å². The molecule has 2 heterocycles. The van der Waals surface area contributed by atoms with Crippen LogP contribution in [0.4, 0.5) is 11.6 Å². The van der Waals surface area contributed by atoms with Crippen molar-refractivity contribution in [1.29, 1.82) is 0 Å². The minimum absolute atomic E-state index is 0.211. The van der Waals surface area contributed by atoms with Gasteiger partial charge in [0.05, 0.1) is 35.2 Å². The summed E-state index contributed by atoms with van der Waals surface area (Å²) in [5, 5.41) is 9.08. The molecule has 1 N–H and O–H groups in total. The maximum Gasteiger partial charge on any atom is 0.335 e. The second-order valence-electron chi connectivity index (χ2n) is 5.47. The van der Waals surface area contributed by atoms with Crippen molar-refractivity contribution >= 4 is 39.7 Å². The first-order valence-corrected chi connectivity index (χ1v) is 8.34. The van der Waals surface area contributed by atoms with Crippen LogP contribution in [0.2, 0.25) is 0 Å². The number of morpholine rings is 1. The standard InChI is InChI=1S/C17H17BrN2O4/c1-11-2-3-12(17(21)22)8-15(11)19-10-13-9-14(18)16(24-13)20-4-6-23-7-5-20/h2-3,8-10H,4-7H2,1H3,(H,21,22). The zero-order valence-corrected chi connectivity index (χ0v) is 14.7. The molecule has 0 atom stereocenters. The molecule has 0 spiro atoms. The zero-order chi connectivity index (χ0) is 17.1. The Labute approximate surface area is 147 Å². The monoisotopic (exact) mass is 392 g/mol. The van der Waals surface area contributed by atoms with Crippen LogP contribution in [0.3, 0.4) is 0 Å². The third-order valence-electron chi connectivity index (χ3n) is 3.77. The van der Waals surface area contributed by atoms with E-state index >= 15 is 0 Å². The molecule has 1 saturated heterocycles. The molecular weight excluding hydrogens is 376 g/mol. The van der Waals surface area contributed by atoms with Crippen LogP contribution in [-0.4, -0.2) is 43.6 Å². The van der Waals surface area contributed by atoms with Gasteiger partial charge in [-0.1, -0.05) is 6.07 Å². The van der Waals surface area contributed by atoms with Crippen LogP contribution in [0.25, 0.3) is 0 Å². The third-order valence-corrected chi connectivity index (χ3v) is 4.34. The van der Waals surface area contributed by atoms with E-state index in [4.69, 9.17) is 14.3 Å². The van der Waals surface area contributed by atoms with Gasteiger partial charge in [0.15, 0.2) is 0 Å². The van der Waals surface area contributed by atoms with Crippen LogP contribution >= 0.6 is 15.9 Å². The molecule has 3 rings (SSSR count). The normalized spacial score (nSPS) is 15.2. The Bertz CT molecular complexity index is 779. The van der Waals surface area contributed by atoms with Crippen molar-refractivity contribution in [2.45, 2.75) is 6.92 Å². The number of hydrogen-bond donors (Lipinski definition) is 1. The summed E-state index contributed by atoms with van der Waals surface area (Å²) in [5.41, 5.74) is 1.72. The molecule has 0 amide bonds. The van der Waals surface area contributed by atoms with E-state index in [-0.39, 0.29) is 5.56 Å². The van der Waals surface area contributed by atoms with E-state index in [2.05, 4.69) is 25.8 Å². The van der Waals surface area contributed by atoms with Crippen molar-refractivity contribution in [2.24, 2.45) is 4.99 Å². The number of aromatic carboxylic acids is 1. The molecule has 0 radical (unpaired) electrons. The fourth-order valence-corrected chi connectivity index (χ4v) is 2.99. The summed E-state index contributed by atoms with van der Waals surface area (Å²) >= 11 is 3.51. The van der Waals surface area contributed by atoms with E-state index in [1.54, 1.807) is 24.4 Å². The first-order valence-electron chi connectivity index (χ1n) is 7.54. The van der Waals surface area contributed by atoms with Gasteiger partial charge >= 0.3 is 5.97 Å². The lowest BCUT2D eigenvalue weighted by molar-refractivity contribution is 0.0697. The van der Waals surface area contributed by atoms with Gasteiger partial charge in [-0.2, -0.15) is 0 Å².